The van der Waals surface area contributed by atoms with E-state index in [2.05, 4.69) is 23.3 Å². The standard InChI is InChI=1S/C17H20N2O/c1-12-4-3-5-16(8-12)20-17-9-13(2)18-10-14(17)11-19-15-6-7-15/h3-5,8-10,15,19H,6-7,11H2,1-2H3. The van der Waals surface area contributed by atoms with Crippen molar-refractivity contribution in [3.05, 3.63) is 53.3 Å². The van der Waals surface area contributed by atoms with Crippen LogP contribution in [0.1, 0.15) is 29.7 Å². The summed E-state index contributed by atoms with van der Waals surface area (Å²) in [5.41, 5.74) is 3.29. The van der Waals surface area contributed by atoms with Crippen LogP contribution in [0.3, 0.4) is 0 Å². The van der Waals surface area contributed by atoms with Crippen molar-refractivity contribution in [2.75, 3.05) is 0 Å². The molecule has 104 valence electrons. The van der Waals surface area contributed by atoms with Crippen molar-refractivity contribution in [3.63, 3.8) is 0 Å². The maximum atomic E-state index is 6.04. The lowest BCUT2D eigenvalue weighted by atomic mass is 10.2. The number of aromatic nitrogens is 1. The third-order valence-electron chi connectivity index (χ3n) is 3.46. The zero-order valence-corrected chi connectivity index (χ0v) is 12.0. The van der Waals surface area contributed by atoms with Crippen molar-refractivity contribution in [1.82, 2.24) is 10.3 Å². The Morgan fingerprint density at radius 2 is 2.10 bits per heavy atom. The van der Waals surface area contributed by atoms with Crippen LogP contribution in [0.25, 0.3) is 0 Å². The minimum absolute atomic E-state index is 0.683. The lowest BCUT2D eigenvalue weighted by Gasteiger charge is -2.12. The normalized spacial score (nSPS) is 14.3. The van der Waals surface area contributed by atoms with Crippen LogP contribution in [0.15, 0.2) is 36.5 Å². The highest BCUT2D eigenvalue weighted by Crippen LogP contribution is 2.27. The summed E-state index contributed by atoms with van der Waals surface area (Å²) in [6.07, 6.45) is 4.48. The van der Waals surface area contributed by atoms with Gasteiger partial charge in [0.2, 0.25) is 0 Å². The topological polar surface area (TPSA) is 34.1 Å². The minimum atomic E-state index is 0.683. The zero-order valence-electron chi connectivity index (χ0n) is 12.0. The quantitative estimate of drug-likeness (QED) is 0.897. The molecular formula is C17H20N2O. The first kappa shape index (κ1) is 13.1. The lowest BCUT2D eigenvalue weighted by Crippen LogP contribution is -2.16. The number of rotatable bonds is 5. The summed E-state index contributed by atoms with van der Waals surface area (Å²) in [5, 5.41) is 3.51. The Kier molecular flexibility index (Phi) is 3.70. The van der Waals surface area contributed by atoms with Crippen LogP contribution >= 0.6 is 0 Å². The monoisotopic (exact) mass is 268 g/mol. The molecule has 2 aromatic rings. The maximum Gasteiger partial charge on any atom is 0.135 e. The molecule has 1 N–H and O–H groups in total. The van der Waals surface area contributed by atoms with E-state index in [1.165, 1.54) is 18.4 Å². The highest BCUT2D eigenvalue weighted by molar-refractivity contribution is 5.38. The first-order chi connectivity index (χ1) is 9.70. The van der Waals surface area contributed by atoms with Crippen molar-refractivity contribution >= 4 is 0 Å². The Bertz CT molecular complexity index is 606. The third-order valence-corrected chi connectivity index (χ3v) is 3.46. The Morgan fingerprint density at radius 1 is 1.25 bits per heavy atom. The number of benzene rings is 1. The fraction of sp³-hybridized carbons (Fsp3) is 0.353. The molecule has 0 bridgehead atoms. The molecule has 1 saturated carbocycles. The number of nitrogens with zero attached hydrogens (tertiary/aromatic N) is 1. The molecular weight excluding hydrogens is 248 g/mol. The third kappa shape index (κ3) is 3.36. The average Bonchev–Trinajstić information content (AvgIpc) is 3.22. The summed E-state index contributed by atoms with van der Waals surface area (Å²) in [4.78, 5) is 4.38. The largest absolute Gasteiger partial charge is 0.457 e. The van der Waals surface area contributed by atoms with Gasteiger partial charge in [0, 0.05) is 36.1 Å². The zero-order chi connectivity index (χ0) is 13.9. The lowest BCUT2D eigenvalue weighted by molar-refractivity contribution is 0.470. The summed E-state index contributed by atoms with van der Waals surface area (Å²) in [6.45, 7) is 4.88. The van der Waals surface area contributed by atoms with Crippen LogP contribution in [0.5, 0.6) is 11.5 Å². The number of ether oxygens (including phenoxy) is 1. The van der Waals surface area contributed by atoms with Crippen molar-refractivity contribution in [2.24, 2.45) is 0 Å². The van der Waals surface area contributed by atoms with E-state index in [1.54, 1.807) is 0 Å². The van der Waals surface area contributed by atoms with Gasteiger partial charge in [-0.2, -0.15) is 0 Å². The summed E-state index contributed by atoms with van der Waals surface area (Å²) >= 11 is 0. The molecule has 0 spiro atoms. The van der Waals surface area contributed by atoms with Gasteiger partial charge in [0.25, 0.3) is 0 Å². The van der Waals surface area contributed by atoms with Crippen molar-refractivity contribution < 1.29 is 4.74 Å². The van der Waals surface area contributed by atoms with Crippen molar-refractivity contribution in [3.8, 4) is 11.5 Å². The Hall–Kier alpha value is -1.87. The molecule has 1 fully saturated rings. The fourth-order valence-electron chi connectivity index (χ4n) is 2.14. The van der Waals surface area contributed by atoms with Crippen molar-refractivity contribution in [1.29, 1.82) is 0 Å². The molecule has 0 saturated heterocycles. The number of aryl methyl sites for hydroxylation is 2. The number of hydrogen-bond acceptors (Lipinski definition) is 3. The number of pyridine rings is 1. The maximum absolute atomic E-state index is 6.04. The molecule has 1 aromatic carbocycles. The molecule has 0 radical (unpaired) electrons. The molecule has 3 heteroatoms. The number of nitrogens with one attached hydrogen (secondary N) is 1. The molecule has 3 rings (SSSR count). The Labute approximate surface area is 120 Å². The van der Waals surface area contributed by atoms with Gasteiger partial charge in [0.15, 0.2) is 0 Å². The van der Waals surface area contributed by atoms with Crippen LogP contribution in [-0.4, -0.2) is 11.0 Å². The van der Waals surface area contributed by atoms with Crippen LogP contribution in [-0.2, 0) is 6.54 Å². The second kappa shape index (κ2) is 5.63. The SMILES string of the molecule is Cc1cccc(Oc2cc(C)ncc2CNC2CC2)c1. The number of hydrogen-bond donors (Lipinski definition) is 1. The van der Waals surface area contributed by atoms with E-state index in [9.17, 15) is 0 Å². The van der Waals surface area contributed by atoms with Gasteiger partial charge < -0.3 is 10.1 Å². The van der Waals surface area contributed by atoms with E-state index < -0.39 is 0 Å². The van der Waals surface area contributed by atoms with Crippen molar-refractivity contribution in [2.45, 2.75) is 39.3 Å². The van der Waals surface area contributed by atoms with Gasteiger partial charge in [-0.05, 0) is 44.4 Å². The van der Waals surface area contributed by atoms with E-state index in [4.69, 9.17) is 4.74 Å². The predicted molar refractivity (Wildman–Crippen MR) is 80.1 cm³/mol. The Balaban J connectivity index is 1.80. The molecule has 0 amide bonds. The van der Waals surface area contributed by atoms with E-state index in [1.807, 2.05) is 37.4 Å². The van der Waals surface area contributed by atoms with Gasteiger partial charge in [0.05, 0.1) is 0 Å². The second-order valence-electron chi connectivity index (χ2n) is 5.51. The molecule has 0 aliphatic heterocycles. The highest BCUT2D eigenvalue weighted by Gasteiger charge is 2.20. The van der Waals surface area contributed by atoms with Gasteiger partial charge in [-0.1, -0.05) is 12.1 Å². The second-order valence-corrected chi connectivity index (χ2v) is 5.51. The summed E-state index contributed by atoms with van der Waals surface area (Å²) in [6, 6.07) is 10.8. The van der Waals surface area contributed by atoms with Crippen LogP contribution in [0.2, 0.25) is 0 Å². The van der Waals surface area contributed by atoms with Gasteiger partial charge >= 0.3 is 0 Å². The van der Waals surface area contributed by atoms with E-state index in [0.29, 0.717) is 6.04 Å². The summed E-state index contributed by atoms with van der Waals surface area (Å²) < 4.78 is 6.04. The smallest absolute Gasteiger partial charge is 0.135 e. The van der Waals surface area contributed by atoms with E-state index in [-0.39, 0.29) is 0 Å². The summed E-state index contributed by atoms with van der Waals surface area (Å²) in [5.74, 6) is 1.78. The van der Waals surface area contributed by atoms with Gasteiger partial charge in [0.1, 0.15) is 11.5 Å². The van der Waals surface area contributed by atoms with E-state index in [0.717, 1.165) is 29.3 Å². The highest BCUT2D eigenvalue weighted by atomic mass is 16.5. The van der Waals surface area contributed by atoms with E-state index >= 15 is 0 Å². The Morgan fingerprint density at radius 3 is 2.85 bits per heavy atom. The molecule has 1 aliphatic rings. The summed E-state index contributed by atoms with van der Waals surface area (Å²) in [7, 11) is 0. The molecule has 1 heterocycles. The van der Waals surface area contributed by atoms with Crippen LogP contribution < -0.4 is 10.1 Å². The molecule has 0 atom stereocenters. The predicted octanol–water partition coefficient (Wildman–Crippen LogP) is 3.74. The van der Waals surface area contributed by atoms with Gasteiger partial charge in [-0.3, -0.25) is 4.98 Å². The molecule has 0 unspecified atom stereocenters. The first-order valence-electron chi connectivity index (χ1n) is 7.14. The molecule has 20 heavy (non-hydrogen) atoms. The minimum Gasteiger partial charge on any atom is -0.457 e. The van der Waals surface area contributed by atoms with Gasteiger partial charge in [-0.15, -0.1) is 0 Å². The van der Waals surface area contributed by atoms with Crippen LogP contribution in [0, 0.1) is 13.8 Å². The van der Waals surface area contributed by atoms with Gasteiger partial charge in [-0.25, -0.2) is 0 Å². The fourth-order valence-corrected chi connectivity index (χ4v) is 2.14. The molecule has 3 nitrogen and oxygen atoms in total. The molecule has 1 aliphatic carbocycles. The average molecular weight is 268 g/mol. The van der Waals surface area contributed by atoms with Crippen LogP contribution in [0.4, 0.5) is 0 Å². The first-order valence-corrected chi connectivity index (χ1v) is 7.14. The molecule has 1 aromatic heterocycles.